The summed E-state index contributed by atoms with van der Waals surface area (Å²) in [6, 6.07) is 3.46. The Kier molecular flexibility index (Phi) is 6.35. The van der Waals surface area contributed by atoms with Crippen molar-refractivity contribution in [3.8, 4) is 0 Å². The molecule has 94 valence electrons. The second-order valence-corrected chi connectivity index (χ2v) is 5.11. The number of hydrogen-bond acceptors (Lipinski definition) is 4. The number of nitrogens with zero attached hydrogens (tertiary/aromatic N) is 3. The van der Waals surface area contributed by atoms with Crippen molar-refractivity contribution in [1.82, 2.24) is 20.4 Å². The summed E-state index contributed by atoms with van der Waals surface area (Å²) < 4.78 is 0.783. The van der Waals surface area contributed by atoms with Crippen LogP contribution in [0.5, 0.6) is 0 Å². The number of unbranched alkanes of at least 4 members (excludes halogenated alkanes) is 1. The predicted molar refractivity (Wildman–Crippen MR) is 74.9 cm³/mol. The van der Waals surface area contributed by atoms with Crippen LogP contribution >= 0.6 is 22.6 Å². The fourth-order valence-electron chi connectivity index (χ4n) is 1.28. The van der Waals surface area contributed by atoms with Gasteiger partial charge in [-0.25, -0.2) is 0 Å². The average molecular weight is 345 g/mol. The Bertz CT molecular complexity index is 353. The third-order valence-corrected chi connectivity index (χ3v) is 2.76. The first-order chi connectivity index (χ1) is 8.09. The quantitative estimate of drug-likeness (QED) is 0.621. The van der Waals surface area contributed by atoms with Crippen LogP contribution in [-0.2, 0) is 0 Å². The van der Waals surface area contributed by atoms with Gasteiger partial charge in [0.15, 0.2) is 5.69 Å². The van der Waals surface area contributed by atoms with E-state index in [2.05, 4.69) is 43.0 Å². The molecule has 0 unspecified atom stereocenters. The molecule has 6 heteroatoms. The SMILES string of the molecule is CN(C)CCCCNC(=O)c1ccc([124I])nn1. The van der Waals surface area contributed by atoms with Crippen molar-refractivity contribution in [2.24, 2.45) is 0 Å². The van der Waals surface area contributed by atoms with E-state index in [-0.39, 0.29) is 5.91 Å². The van der Waals surface area contributed by atoms with Crippen molar-refractivity contribution in [2.45, 2.75) is 12.8 Å². The Morgan fingerprint density at radius 1 is 1.35 bits per heavy atom. The highest BCUT2D eigenvalue weighted by Crippen LogP contribution is 1.99. The summed E-state index contributed by atoms with van der Waals surface area (Å²) in [6.45, 7) is 1.72. The van der Waals surface area contributed by atoms with Gasteiger partial charge in [0.05, 0.1) is 0 Å². The van der Waals surface area contributed by atoms with E-state index < -0.39 is 0 Å². The summed E-state index contributed by atoms with van der Waals surface area (Å²) in [5, 5.41) is 10.5. The van der Waals surface area contributed by atoms with Gasteiger partial charge in [-0.3, -0.25) is 4.79 Å². The van der Waals surface area contributed by atoms with E-state index in [1.54, 1.807) is 12.1 Å². The van der Waals surface area contributed by atoms with Gasteiger partial charge >= 0.3 is 0 Å². The highest BCUT2D eigenvalue weighted by Gasteiger charge is 2.06. The minimum atomic E-state index is -0.154. The van der Waals surface area contributed by atoms with Crippen molar-refractivity contribution in [3.05, 3.63) is 21.5 Å². The zero-order chi connectivity index (χ0) is 12.7. The Labute approximate surface area is 115 Å². The lowest BCUT2D eigenvalue weighted by Crippen LogP contribution is -2.26. The summed E-state index contributed by atoms with van der Waals surface area (Å²) in [6.07, 6.45) is 2.05. The lowest BCUT2D eigenvalue weighted by Gasteiger charge is -2.09. The van der Waals surface area contributed by atoms with Crippen LogP contribution < -0.4 is 5.32 Å². The second kappa shape index (κ2) is 7.54. The van der Waals surface area contributed by atoms with E-state index in [0.29, 0.717) is 12.2 Å². The molecule has 17 heavy (non-hydrogen) atoms. The van der Waals surface area contributed by atoms with Crippen LogP contribution in [0.3, 0.4) is 0 Å². The molecular formula is C11H17IN4O. The first-order valence-corrected chi connectivity index (χ1v) is 6.59. The molecule has 0 aliphatic rings. The van der Waals surface area contributed by atoms with E-state index >= 15 is 0 Å². The lowest BCUT2D eigenvalue weighted by atomic mass is 10.3. The van der Waals surface area contributed by atoms with Crippen LogP contribution in [0.2, 0.25) is 0 Å². The molecule has 0 aliphatic carbocycles. The van der Waals surface area contributed by atoms with E-state index in [9.17, 15) is 4.79 Å². The highest BCUT2D eigenvalue weighted by molar-refractivity contribution is 14.1. The van der Waals surface area contributed by atoms with Crippen molar-refractivity contribution >= 4 is 28.5 Å². The summed E-state index contributed by atoms with van der Waals surface area (Å²) in [7, 11) is 4.08. The second-order valence-electron chi connectivity index (χ2n) is 4.01. The molecule has 1 aromatic rings. The van der Waals surface area contributed by atoms with Crippen LogP contribution in [0.15, 0.2) is 12.1 Å². The van der Waals surface area contributed by atoms with E-state index in [1.165, 1.54) is 0 Å². The van der Waals surface area contributed by atoms with E-state index in [0.717, 1.165) is 23.1 Å². The van der Waals surface area contributed by atoms with Gasteiger partial charge in [-0.15, -0.1) is 10.2 Å². The van der Waals surface area contributed by atoms with Crippen molar-refractivity contribution in [1.29, 1.82) is 0 Å². The normalized spacial score (nSPS) is 10.6. The molecule has 1 rings (SSSR count). The van der Waals surface area contributed by atoms with Gasteiger partial charge in [-0.1, -0.05) is 0 Å². The first-order valence-electron chi connectivity index (χ1n) is 5.52. The van der Waals surface area contributed by atoms with E-state index in [4.69, 9.17) is 0 Å². The van der Waals surface area contributed by atoms with Gasteiger partial charge in [0.2, 0.25) is 0 Å². The summed E-state index contributed by atoms with van der Waals surface area (Å²) >= 11 is 2.06. The van der Waals surface area contributed by atoms with E-state index in [1.807, 2.05) is 14.1 Å². The summed E-state index contributed by atoms with van der Waals surface area (Å²) in [5.74, 6) is -0.154. The van der Waals surface area contributed by atoms with Crippen LogP contribution in [0.4, 0.5) is 0 Å². The van der Waals surface area contributed by atoms with Crippen molar-refractivity contribution in [3.63, 3.8) is 0 Å². The number of halogens is 1. The van der Waals surface area contributed by atoms with Crippen molar-refractivity contribution < 1.29 is 4.79 Å². The fourth-order valence-corrected chi connectivity index (χ4v) is 1.57. The molecule has 0 saturated heterocycles. The third kappa shape index (κ3) is 5.92. The Hall–Kier alpha value is -0.760. The number of amides is 1. The zero-order valence-corrected chi connectivity index (χ0v) is 12.3. The maximum atomic E-state index is 11.6. The molecule has 5 nitrogen and oxygen atoms in total. The number of nitrogens with one attached hydrogen (secondary N) is 1. The number of carbonyl (C=O) groups excluding carboxylic acids is 1. The zero-order valence-electron chi connectivity index (χ0n) is 10.1. The minimum absolute atomic E-state index is 0.154. The molecule has 0 saturated carbocycles. The molecule has 1 N–H and O–H groups in total. The minimum Gasteiger partial charge on any atom is -0.351 e. The largest absolute Gasteiger partial charge is 0.351 e. The number of aromatic nitrogens is 2. The fraction of sp³-hybridized carbons (Fsp3) is 0.545. The monoisotopic (exact) mass is 345 g/mol. The Morgan fingerprint density at radius 3 is 2.71 bits per heavy atom. The van der Waals surface area contributed by atoms with Gasteiger partial charge in [0, 0.05) is 6.54 Å². The smallest absolute Gasteiger partial charge is 0.271 e. The van der Waals surface area contributed by atoms with Gasteiger partial charge in [-0.05, 0) is 68.2 Å². The molecule has 0 fully saturated rings. The first kappa shape index (κ1) is 14.3. The molecular weight excluding hydrogens is 328 g/mol. The van der Waals surface area contributed by atoms with Crippen LogP contribution in [0.1, 0.15) is 23.3 Å². The standard InChI is InChI=1S/C11H17IN4O/c1-16(2)8-4-3-7-13-11(17)9-5-6-10(12)15-14-9/h5-6H,3-4,7-8H2,1-2H3,(H,13,17)/i12-3. The number of hydrogen-bond donors (Lipinski definition) is 1. The molecule has 0 aromatic carbocycles. The van der Waals surface area contributed by atoms with Gasteiger partial charge < -0.3 is 10.2 Å². The number of rotatable bonds is 6. The topological polar surface area (TPSA) is 58.1 Å². The van der Waals surface area contributed by atoms with Gasteiger partial charge in [0.25, 0.3) is 5.91 Å². The molecule has 0 bridgehead atoms. The van der Waals surface area contributed by atoms with Crippen LogP contribution in [0, 0.1) is 3.70 Å². The van der Waals surface area contributed by atoms with Crippen molar-refractivity contribution in [2.75, 3.05) is 27.2 Å². The average Bonchev–Trinajstić information content (AvgIpc) is 2.29. The maximum absolute atomic E-state index is 11.6. The number of carbonyl (C=O) groups is 1. The Morgan fingerprint density at radius 2 is 2.12 bits per heavy atom. The Balaban J connectivity index is 2.23. The molecule has 1 aromatic heterocycles. The molecule has 1 heterocycles. The summed E-state index contributed by atoms with van der Waals surface area (Å²) in [4.78, 5) is 13.8. The maximum Gasteiger partial charge on any atom is 0.271 e. The predicted octanol–water partition coefficient (Wildman–Crippen LogP) is 1.15. The molecule has 0 radical (unpaired) electrons. The summed E-state index contributed by atoms with van der Waals surface area (Å²) in [5.41, 5.74) is 0.373. The molecule has 1 amide bonds. The van der Waals surface area contributed by atoms with Crippen LogP contribution in [0.25, 0.3) is 0 Å². The molecule has 0 aliphatic heterocycles. The van der Waals surface area contributed by atoms with Gasteiger partial charge in [-0.2, -0.15) is 0 Å². The highest BCUT2D eigenvalue weighted by atomic mass is 124. The third-order valence-electron chi connectivity index (χ3n) is 2.18. The molecule has 0 atom stereocenters. The van der Waals surface area contributed by atoms with Gasteiger partial charge in [0.1, 0.15) is 3.70 Å². The molecule has 0 spiro atoms. The van der Waals surface area contributed by atoms with Crippen LogP contribution in [-0.4, -0.2) is 48.2 Å². The lowest BCUT2D eigenvalue weighted by molar-refractivity contribution is 0.0946.